The number of rotatable bonds is 1. The van der Waals surface area contributed by atoms with Crippen LogP contribution in [0.15, 0.2) is 0 Å². The fourth-order valence-electron chi connectivity index (χ4n) is 2.24. The van der Waals surface area contributed by atoms with Crippen LogP contribution in [0.3, 0.4) is 0 Å². The van der Waals surface area contributed by atoms with Crippen LogP contribution in [0.2, 0.25) is 0 Å². The minimum atomic E-state index is 0.606. The summed E-state index contributed by atoms with van der Waals surface area (Å²) >= 11 is 0. The van der Waals surface area contributed by atoms with Gasteiger partial charge < -0.3 is 0 Å². The fraction of sp³-hybridized carbons (Fsp3) is 1.00. The van der Waals surface area contributed by atoms with Crippen LogP contribution in [0.4, 0.5) is 0 Å². The lowest BCUT2D eigenvalue weighted by Crippen LogP contribution is -2.13. The average molecular weight is 154 g/mol. The summed E-state index contributed by atoms with van der Waals surface area (Å²) in [5.41, 5.74) is 0.606. The molecule has 0 aliphatic heterocycles. The molecule has 0 spiro atoms. The topological polar surface area (TPSA) is 0 Å². The normalized spacial score (nSPS) is 36.5. The summed E-state index contributed by atoms with van der Waals surface area (Å²) in [6, 6.07) is 0. The predicted octanol–water partition coefficient (Wildman–Crippen LogP) is 3.71. The Bertz CT molecular complexity index is 133. The maximum Gasteiger partial charge on any atom is -0.0326 e. The van der Waals surface area contributed by atoms with Gasteiger partial charge in [-0.3, -0.25) is 0 Å². The molecule has 2 unspecified atom stereocenters. The molecule has 0 aromatic heterocycles. The molecule has 0 bridgehead atoms. The summed E-state index contributed by atoms with van der Waals surface area (Å²) in [7, 11) is 0. The molecule has 0 aromatic carbocycles. The van der Waals surface area contributed by atoms with Crippen molar-refractivity contribution in [3.05, 3.63) is 0 Å². The SMILES string of the molecule is CC(C)C1CC(C)C(C)(C)C1. The van der Waals surface area contributed by atoms with Crippen molar-refractivity contribution in [3.63, 3.8) is 0 Å². The van der Waals surface area contributed by atoms with Crippen LogP contribution in [0, 0.1) is 23.2 Å². The molecule has 0 aromatic rings. The van der Waals surface area contributed by atoms with E-state index in [1.165, 1.54) is 12.8 Å². The van der Waals surface area contributed by atoms with Crippen LogP contribution in [0.25, 0.3) is 0 Å². The average Bonchev–Trinajstić information content (AvgIpc) is 2.08. The van der Waals surface area contributed by atoms with Crippen LogP contribution >= 0.6 is 0 Å². The van der Waals surface area contributed by atoms with Crippen molar-refractivity contribution in [2.75, 3.05) is 0 Å². The van der Waals surface area contributed by atoms with Crippen molar-refractivity contribution in [2.45, 2.75) is 47.5 Å². The zero-order valence-electron chi connectivity index (χ0n) is 8.65. The highest BCUT2D eigenvalue weighted by Gasteiger charge is 2.38. The highest BCUT2D eigenvalue weighted by molar-refractivity contribution is 4.88. The van der Waals surface area contributed by atoms with E-state index >= 15 is 0 Å². The van der Waals surface area contributed by atoms with Crippen molar-refractivity contribution in [1.29, 1.82) is 0 Å². The maximum atomic E-state index is 2.42. The molecule has 0 radical (unpaired) electrons. The van der Waals surface area contributed by atoms with Gasteiger partial charge in [0.2, 0.25) is 0 Å². The van der Waals surface area contributed by atoms with Crippen molar-refractivity contribution in [3.8, 4) is 0 Å². The Labute approximate surface area is 71.4 Å². The van der Waals surface area contributed by atoms with Crippen molar-refractivity contribution >= 4 is 0 Å². The highest BCUT2D eigenvalue weighted by atomic mass is 14.4. The van der Waals surface area contributed by atoms with Gasteiger partial charge in [0.05, 0.1) is 0 Å². The molecule has 0 heterocycles. The second kappa shape index (κ2) is 2.80. The van der Waals surface area contributed by atoms with E-state index in [0.717, 1.165) is 17.8 Å². The molecule has 11 heavy (non-hydrogen) atoms. The van der Waals surface area contributed by atoms with Gasteiger partial charge in [-0.15, -0.1) is 0 Å². The monoisotopic (exact) mass is 154 g/mol. The first-order valence-corrected chi connectivity index (χ1v) is 4.93. The molecule has 1 fully saturated rings. The number of hydrogen-bond donors (Lipinski definition) is 0. The third-order valence-corrected chi connectivity index (χ3v) is 3.72. The van der Waals surface area contributed by atoms with Crippen LogP contribution in [-0.2, 0) is 0 Å². The standard InChI is InChI=1S/C11H22/c1-8(2)10-6-9(3)11(4,5)7-10/h8-10H,6-7H2,1-5H3. The Kier molecular flexibility index (Phi) is 2.32. The second-order valence-electron chi connectivity index (χ2n) is 5.33. The van der Waals surface area contributed by atoms with E-state index in [0.29, 0.717) is 5.41 Å². The molecular formula is C11H22. The van der Waals surface area contributed by atoms with Crippen molar-refractivity contribution in [2.24, 2.45) is 23.2 Å². The van der Waals surface area contributed by atoms with Gasteiger partial charge >= 0.3 is 0 Å². The maximum absolute atomic E-state index is 2.42. The Morgan fingerprint density at radius 1 is 1.27 bits per heavy atom. The molecule has 0 saturated heterocycles. The molecule has 0 nitrogen and oxygen atoms in total. The molecule has 1 aliphatic carbocycles. The number of hydrogen-bond acceptors (Lipinski definition) is 0. The quantitative estimate of drug-likeness (QED) is 0.540. The van der Waals surface area contributed by atoms with Gasteiger partial charge in [-0.05, 0) is 36.0 Å². The summed E-state index contributed by atoms with van der Waals surface area (Å²) in [4.78, 5) is 0. The van der Waals surface area contributed by atoms with Gasteiger partial charge in [0.25, 0.3) is 0 Å². The van der Waals surface area contributed by atoms with E-state index in [1.54, 1.807) is 0 Å². The summed E-state index contributed by atoms with van der Waals surface area (Å²) in [6.45, 7) is 12.0. The van der Waals surface area contributed by atoms with Gasteiger partial charge in [-0.2, -0.15) is 0 Å². The van der Waals surface area contributed by atoms with E-state index in [9.17, 15) is 0 Å². The molecule has 0 N–H and O–H groups in total. The summed E-state index contributed by atoms with van der Waals surface area (Å²) in [5, 5.41) is 0. The van der Waals surface area contributed by atoms with Gasteiger partial charge in [0.15, 0.2) is 0 Å². The predicted molar refractivity (Wildman–Crippen MR) is 50.5 cm³/mol. The van der Waals surface area contributed by atoms with E-state index in [2.05, 4.69) is 34.6 Å². The van der Waals surface area contributed by atoms with Gasteiger partial charge in [0.1, 0.15) is 0 Å². The van der Waals surface area contributed by atoms with E-state index < -0.39 is 0 Å². The minimum absolute atomic E-state index is 0.606. The van der Waals surface area contributed by atoms with Crippen LogP contribution in [-0.4, -0.2) is 0 Å². The van der Waals surface area contributed by atoms with Crippen molar-refractivity contribution < 1.29 is 0 Å². The van der Waals surface area contributed by atoms with Crippen LogP contribution < -0.4 is 0 Å². The summed E-state index contributed by atoms with van der Waals surface area (Å²) < 4.78 is 0. The zero-order valence-corrected chi connectivity index (χ0v) is 8.65. The Balaban J connectivity index is 2.57. The molecular weight excluding hydrogens is 132 g/mol. The molecule has 1 rings (SSSR count). The fourth-order valence-corrected chi connectivity index (χ4v) is 2.24. The van der Waals surface area contributed by atoms with Gasteiger partial charge in [-0.1, -0.05) is 34.6 Å². The van der Waals surface area contributed by atoms with Crippen LogP contribution in [0.5, 0.6) is 0 Å². The first-order chi connectivity index (χ1) is 4.93. The summed E-state index contributed by atoms with van der Waals surface area (Å²) in [5.74, 6) is 2.80. The Morgan fingerprint density at radius 2 is 1.82 bits per heavy atom. The third-order valence-electron chi connectivity index (χ3n) is 3.72. The van der Waals surface area contributed by atoms with E-state index in [1.807, 2.05) is 0 Å². The molecule has 1 saturated carbocycles. The smallest absolute Gasteiger partial charge is 0.0326 e. The van der Waals surface area contributed by atoms with E-state index in [4.69, 9.17) is 0 Å². The zero-order chi connectivity index (χ0) is 8.65. The van der Waals surface area contributed by atoms with E-state index in [-0.39, 0.29) is 0 Å². The second-order valence-corrected chi connectivity index (χ2v) is 5.33. The Hall–Kier alpha value is 0. The molecule has 0 heteroatoms. The molecule has 66 valence electrons. The third kappa shape index (κ3) is 1.77. The van der Waals surface area contributed by atoms with Gasteiger partial charge in [-0.25, -0.2) is 0 Å². The Morgan fingerprint density at radius 3 is 2.00 bits per heavy atom. The highest BCUT2D eigenvalue weighted by Crippen LogP contribution is 2.47. The molecule has 2 atom stereocenters. The largest absolute Gasteiger partial charge is 0.0625 e. The summed E-state index contributed by atoms with van der Waals surface area (Å²) in [6.07, 6.45) is 2.89. The van der Waals surface area contributed by atoms with Crippen LogP contribution in [0.1, 0.15) is 47.5 Å². The van der Waals surface area contributed by atoms with Gasteiger partial charge in [0, 0.05) is 0 Å². The lowest BCUT2D eigenvalue weighted by molar-refractivity contribution is 0.272. The first-order valence-electron chi connectivity index (χ1n) is 4.93. The minimum Gasteiger partial charge on any atom is -0.0625 e. The molecule has 0 amide bonds. The van der Waals surface area contributed by atoms with Crippen molar-refractivity contribution in [1.82, 2.24) is 0 Å². The molecule has 1 aliphatic rings. The lowest BCUT2D eigenvalue weighted by atomic mass is 9.83. The first kappa shape index (κ1) is 9.09. The lowest BCUT2D eigenvalue weighted by Gasteiger charge is -2.23.